The lowest BCUT2D eigenvalue weighted by Crippen LogP contribution is -2.27. The van der Waals surface area contributed by atoms with Gasteiger partial charge in [-0.3, -0.25) is 4.79 Å². The molecule has 0 unspecified atom stereocenters. The van der Waals surface area contributed by atoms with Gasteiger partial charge >= 0.3 is 5.97 Å². The van der Waals surface area contributed by atoms with Gasteiger partial charge in [-0.05, 0) is 58.5 Å². The van der Waals surface area contributed by atoms with Crippen LogP contribution in [-0.4, -0.2) is 32.1 Å². The van der Waals surface area contributed by atoms with Gasteiger partial charge in [0.05, 0.1) is 12.2 Å². The number of rotatable bonds is 7. The number of hydrogen-bond acceptors (Lipinski definition) is 5. The van der Waals surface area contributed by atoms with Gasteiger partial charge in [0.15, 0.2) is 0 Å². The summed E-state index contributed by atoms with van der Waals surface area (Å²) >= 11 is 2.07. The quantitative estimate of drug-likeness (QED) is 0.166. The smallest absolute Gasteiger partial charge is 0.344 e. The minimum atomic E-state index is -0.469. The molecule has 0 fully saturated rings. The lowest BCUT2D eigenvalue weighted by molar-refractivity contribution is -0.117. The molecule has 2 aromatic carbocycles. The molecule has 0 aromatic heterocycles. The number of methoxy groups -OCH3 is 1. The number of carbonyl (C=O) groups excluding carboxylic acids is 2. The highest BCUT2D eigenvalue weighted by Crippen LogP contribution is 2.18. The van der Waals surface area contributed by atoms with Crippen molar-refractivity contribution in [3.05, 3.63) is 68.8 Å². The molecule has 1 amide bonds. The largest absolute Gasteiger partial charge is 0.423 e. The molecule has 0 atom stereocenters. The van der Waals surface area contributed by atoms with Crippen molar-refractivity contribution in [1.82, 2.24) is 5.32 Å². The van der Waals surface area contributed by atoms with Crippen LogP contribution in [0.4, 0.5) is 0 Å². The van der Waals surface area contributed by atoms with E-state index in [1.807, 2.05) is 18.2 Å². The number of nitriles is 1. The SMILES string of the molecule is COCCNC(=O)C(C#N)=Cc1ccc(OC(=O)c2ccccc2I)cc1. The van der Waals surface area contributed by atoms with Crippen LogP contribution in [0.25, 0.3) is 6.08 Å². The van der Waals surface area contributed by atoms with Crippen molar-refractivity contribution in [3.8, 4) is 11.8 Å². The van der Waals surface area contributed by atoms with E-state index in [0.717, 1.165) is 3.57 Å². The summed E-state index contributed by atoms with van der Waals surface area (Å²) in [7, 11) is 1.53. The Morgan fingerprint density at radius 1 is 1.19 bits per heavy atom. The van der Waals surface area contributed by atoms with Gasteiger partial charge in [0, 0.05) is 17.2 Å². The topological polar surface area (TPSA) is 88.4 Å². The Morgan fingerprint density at radius 3 is 2.52 bits per heavy atom. The highest BCUT2D eigenvalue weighted by atomic mass is 127. The van der Waals surface area contributed by atoms with Crippen molar-refractivity contribution in [2.75, 3.05) is 20.3 Å². The number of ether oxygens (including phenoxy) is 2. The summed E-state index contributed by atoms with van der Waals surface area (Å²) < 4.78 is 11.0. The van der Waals surface area contributed by atoms with Crippen LogP contribution >= 0.6 is 22.6 Å². The predicted octanol–water partition coefficient (Wildman–Crippen LogP) is 3.18. The van der Waals surface area contributed by atoms with Crippen LogP contribution in [0.1, 0.15) is 15.9 Å². The van der Waals surface area contributed by atoms with Crippen molar-refractivity contribution in [3.63, 3.8) is 0 Å². The maximum atomic E-state index is 12.2. The van der Waals surface area contributed by atoms with E-state index < -0.39 is 11.9 Å². The standard InChI is InChI=1S/C20H17IN2O4/c1-26-11-10-23-19(24)15(13-22)12-14-6-8-16(9-7-14)27-20(25)17-4-2-3-5-18(17)21/h2-9,12H,10-11H2,1H3,(H,23,24). The number of nitrogens with zero attached hydrogens (tertiary/aromatic N) is 1. The van der Waals surface area contributed by atoms with Crippen molar-refractivity contribution in [2.24, 2.45) is 0 Å². The normalized spacial score (nSPS) is 10.8. The first-order chi connectivity index (χ1) is 13.0. The van der Waals surface area contributed by atoms with Crippen LogP contribution in [0.5, 0.6) is 5.75 Å². The summed E-state index contributed by atoms with van der Waals surface area (Å²) in [6.07, 6.45) is 1.47. The Bertz CT molecular complexity index is 886. The van der Waals surface area contributed by atoms with Crippen molar-refractivity contribution in [1.29, 1.82) is 5.26 Å². The first kappa shape index (κ1) is 20.6. The molecule has 0 aliphatic rings. The van der Waals surface area contributed by atoms with E-state index >= 15 is 0 Å². The van der Waals surface area contributed by atoms with E-state index in [0.29, 0.717) is 30.0 Å². The lowest BCUT2D eigenvalue weighted by atomic mass is 10.1. The molecule has 0 aliphatic carbocycles. The average Bonchev–Trinajstić information content (AvgIpc) is 2.67. The summed E-state index contributed by atoms with van der Waals surface area (Å²) in [4.78, 5) is 24.1. The minimum Gasteiger partial charge on any atom is -0.423 e. The van der Waals surface area contributed by atoms with Crippen LogP contribution in [0.2, 0.25) is 0 Å². The predicted molar refractivity (Wildman–Crippen MR) is 109 cm³/mol. The molecule has 2 rings (SSSR count). The van der Waals surface area contributed by atoms with Crippen molar-refractivity contribution in [2.45, 2.75) is 0 Å². The number of carbonyl (C=O) groups is 2. The Kier molecular flexibility index (Phi) is 7.98. The Labute approximate surface area is 170 Å². The lowest BCUT2D eigenvalue weighted by Gasteiger charge is -2.06. The van der Waals surface area contributed by atoms with Gasteiger partial charge in [0.2, 0.25) is 0 Å². The van der Waals surface area contributed by atoms with Gasteiger partial charge in [-0.2, -0.15) is 5.26 Å². The van der Waals surface area contributed by atoms with Gasteiger partial charge in [-0.25, -0.2) is 4.79 Å². The van der Waals surface area contributed by atoms with Gasteiger partial charge in [0.25, 0.3) is 5.91 Å². The zero-order valence-electron chi connectivity index (χ0n) is 14.6. The minimum absolute atomic E-state index is 0.0188. The number of amides is 1. The zero-order chi connectivity index (χ0) is 19.6. The molecule has 0 saturated heterocycles. The second-order valence-electron chi connectivity index (χ2n) is 5.36. The molecule has 1 N–H and O–H groups in total. The summed E-state index contributed by atoms with van der Waals surface area (Å²) in [5.41, 5.74) is 1.11. The Balaban J connectivity index is 2.05. The highest BCUT2D eigenvalue weighted by molar-refractivity contribution is 14.1. The van der Waals surface area contributed by atoms with E-state index in [9.17, 15) is 9.59 Å². The van der Waals surface area contributed by atoms with Crippen molar-refractivity contribution >= 4 is 40.5 Å². The van der Waals surface area contributed by atoms with Crippen LogP contribution < -0.4 is 10.1 Å². The number of benzene rings is 2. The van der Waals surface area contributed by atoms with E-state index in [4.69, 9.17) is 14.7 Å². The molecule has 138 valence electrons. The third kappa shape index (κ3) is 6.20. The number of hydrogen-bond donors (Lipinski definition) is 1. The van der Waals surface area contributed by atoms with Gasteiger partial charge in [-0.1, -0.05) is 24.3 Å². The number of nitrogens with one attached hydrogen (secondary N) is 1. The van der Waals surface area contributed by atoms with E-state index in [1.165, 1.54) is 13.2 Å². The van der Waals surface area contributed by atoms with Crippen LogP contribution in [0.15, 0.2) is 54.1 Å². The Hall–Kier alpha value is -2.70. The molecular weight excluding hydrogens is 459 g/mol. The van der Waals surface area contributed by atoms with Gasteiger partial charge in [-0.15, -0.1) is 0 Å². The van der Waals surface area contributed by atoms with E-state index in [1.54, 1.807) is 36.4 Å². The third-order valence-electron chi connectivity index (χ3n) is 3.45. The van der Waals surface area contributed by atoms with E-state index in [2.05, 4.69) is 27.9 Å². The van der Waals surface area contributed by atoms with Crippen LogP contribution in [0.3, 0.4) is 0 Å². The molecule has 27 heavy (non-hydrogen) atoms. The third-order valence-corrected chi connectivity index (χ3v) is 4.39. The molecule has 7 heteroatoms. The first-order valence-corrected chi connectivity index (χ1v) is 9.08. The van der Waals surface area contributed by atoms with Crippen molar-refractivity contribution < 1.29 is 19.1 Å². The molecule has 2 aromatic rings. The van der Waals surface area contributed by atoms with Crippen LogP contribution in [-0.2, 0) is 9.53 Å². The second-order valence-corrected chi connectivity index (χ2v) is 6.52. The fourth-order valence-corrected chi connectivity index (χ4v) is 2.71. The van der Waals surface area contributed by atoms with E-state index in [-0.39, 0.29) is 5.57 Å². The Morgan fingerprint density at radius 2 is 1.89 bits per heavy atom. The fourth-order valence-electron chi connectivity index (χ4n) is 2.10. The number of esters is 1. The summed E-state index contributed by atoms with van der Waals surface area (Å²) in [5.74, 6) is -0.540. The molecule has 0 bridgehead atoms. The summed E-state index contributed by atoms with van der Waals surface area (Å²) in [6, 6.07) is 15.6. The molecule has 0 saturated carbocycles. The number of halogens is 1. The first-order valence-electron chi connectivity index (χ1n) is 8.01. The monoisotopic (exact) mass is 476 g/mol. The van der Waals surface area contributed by atoms with Gasteiger partial charge < -0.3 is 14.8 Å². The molecule has 0 aliphatic heterocycles. The second kappa shape index (κ2) is 10.4. The van der Waals surface area contributed by atoms with Gasteiger partial charge in [0.1, 0.15) is 17.4 Å². The molecule has 6 nitrogen and oxygen atoms in total. The molecule has 0 radical (unpaired) electrons. The zero-order valence-corrected chi connectivity index (χ0v) is 16.7. The highest BCUT2D eigenvalue weighted by Gasteiger charge is 2.12. The molecule has 0 spiro atoms. The molecular formula is C20H17IN2O4. The van der Waals surface area contributed by atoms with Crippen LogP contribution in [0, 0.1) is 14.9 Å². The summed E-state index contributed by atoms with van der Waals surface area (Å²) in [6.45, 7) is 0.687. The average molecular weight is 476 g/mol. The molecule has 0 heterocycles. The maximum Gasteiger partial charge on any atom is 0.344 e. The maximum absolute atomic E-state index is 12.2. The summed E-state index contributed by atoms with van der Waals surface area (Å²) in [5, 5.41) is 11.8. The fraction of sp³-hybridized carbons (Fsp3) is 0.150.